The molecule has 0 unspecified atom stereocenters. The molecule has 0 saturated carbocycles. The van der Waals surface area contributed by atoms with Gasteiger partial charge >= 0.3 is 6.03 Å². The molecule has 7 nitrogen and oxygen atoms in total. The number of rotatable bonds is 3. The maximum Gasteiger partial charge on any atom is 0.321 e. The number of amides is 2. The van der Waals surface area contributed by atoms with E-state index in [1.54, 1.807) is 23.2 Å². The van der Waals surface area contributed by atoms with Gasteiger partial charge in [0.2, 0.25) is 5.88 Å². The zero-order valence-corrected chi connectivity index (χ0v) is 16.2. The van der Waals surface area contributed by atoms with Crippen LogP contribution in [0.15, 0.2) is 36.5 Å². The Hall–Kier alpha value is -2.64. The molecule has 2 aliphatic rings. The first-order valence-electron chi connectivity index (χ1n) is 9.59. The van der Waals surface area contributed by atoms with Crippen molar-refractivity contribution in [2.24, 2.45) is 0 Å². The molecule has 7 heteroatoms. The second-order valence-corrected chi connectivity index (χ2v) is 7.18. The van der Waals surface area contributed by atoms with Crippen molar-refractivity contribution in [3.63, 3.8) is 0 Å². The van der Waals surface area contributed by atoms with Crippen molar-refractivity contribution >= 4 is 11.7 Å². The maximum absolute atomic E-state index is 12.7. The molecule has 0 atom stereocenters. The molecule has 0 radical (unpaired) electrons. The summed E-state index contributed by atoms with van der Waals surface area (Å²) in [6.07, 6.45) is 3.01. The van der Waals surface area contributed by atoms with Crippen LogP contribution in [-0.4, -0.2) is 48.0 Å². The molecule has 2 saturated heterocycles. The van der Waals surface area contributed by atoms with Crippen LogP contribution in [0.25, 0.3) is 0 Å². The first-order valence-corrected chi connectivity index (χ1v) is 9.59. The fourth-order valence-corrected chi connectivity index (χ4v) is 3.54. The molecule has 2 aliphatic heterocycles. The standard InChI is InChI=1S/C21H25N3O4/c1-15-5-3-7-18(16(15)2)28-19-17(6-4-10-22-19)23-20(25)24-11-8-21(9-12-24)26-13-14-27-21/h3-7,10H,8-9,11-14H2,1-2H3,(H,23,25). The lowest BCUT2D eigenvalue weighted by Crippen LogP contribution is -2.48. The second kappa shape index (κ2) is 7.77. The molecule has 2 aromatic rings. The van der Waals surface area contributed by atoms with Gasteiger partial charge in [0.25, 0.3) is 0 Å². The maximum atomic E-state index is 12.7. The second-order valence-electron chi connectivity index (χ2n) is 7.18. The summed E-state index contributed by atoms with van der Waals surface area (Å²) in [5, 5.41) is 2.93. The number of carbonyl (C=O) groups excluding carboxylic acids is 1. The average Bonchev–Trinajstić information content (AvgIpc) is 3.15. The molecule has 2 fully saturated rings. The smallest absolute Gasteiger partial charge is 0.321 e. The number of ether oxygens (including phenoxy) is 3. The zero-order valence-electron chi connectivity index (χ0n) is 16.2. The van der Waals surface area contributed by atoms with Crippen molar-refractivity contribution in [2.45, 2.75) is 32.5 Å². The van der Waals surface area contributed by atoms with E-state index in [0.29, 0.717) is 50.7 Å². The molecule has 148 valence electrons. The van der Waals surface area contributed by atoms with Gasteiger partial charge in [0, 0.05) is 32.1 Å². The SMILES string of the molecule is Cc1cccc(Oc2ncccc2NC(=O)N2CCC3(CC2)OCCO3)c1C. The number of piperidine rings is 1. The van der Waals surface area contributed by atoms with E-state index in [1.807, 2.05) is 32.0 Å². The van der Waals surface area contributed by atoms with Gasteiger partial charge in [-0.25, -0.2) is 9.78 Å². The van der Waals surface area contributed by atoms with Crippen molar-refractivity contribution in [3.8, 4) is 11.6 Å². The molecular weight excluding hydrogens is 358 g/mol. The molecule has 0 bridgehead atoms. The molecule has 4 rings (SSSR count). The molecule has 2 amide bonds. The largest absolute Gasteiger partial charge is 0.437 e. The van der Waals surface area contributed by atoms with E-state index < -0.39 is 5.79 Å². The quantitative estimate of drug-likeness (QED) is 0.871. The van der Waals surface area contributed by atoms with Crippen molar-refractivity contribution in [2.75, 3.05) is 31.6 Å². The summed E-state index contributed by atoms with van der Waals surface area (Å²) in [4.78, 5) is 18.8. The lowest BCUT2D eigenvalue weighted by Gasteiger charge is -2.37. The highest BCUT2D eigenvalue weighted by molar-refractivity contribution is 5.90. The summed E-state index contributed by atoms with van der Waals surface area (Å²) in [6, 6.07) is 9.26. The Bertz CT molecular complexity index is 854. The van der Waals surface area contributed by atoms with Crippen molar-refractivity contribution in [1.29, 1.82) is 0 Å². The molecule has 3 heterocycles. The molecular formula is C21H25N3O4. The molecule has 0 aliphatic carbocycles. The number of hydrogen-bond acceptors (Lipinski definition) is 5. The van der Waals surface area contributed by atoms with Crippen LogP contribution in [0, 0.1) is 13.8 Å². The molecule has 1 spiro atoms. The van der Waals surface area contributed by atoms with Gasteiger partial charge < -0.3 is 24.4 Å². The van der Waals surface area contributed by atoms with Gasteiger partial charge in [-0.15, -0.1) is 0 Å². The van der Waals surface area contributed by atoms with E-state index in [0.717, 1.165) is 16.9 Å². The van der Waals surface area contributed by atoms with Crippen molar-refractivity contribution in [1.82, 2.24) is 9.88 Å². The van der Waals surface area contributed by atoms with E-state index >= 15 is 0 Å². The number of benzene rings is 1. The third-order valence-corrected chi connectivity index (χ3v) is 5.40. The number of pyridine rings is 1. The number of nitrogens with one attached hydrogen (secondary N) is 1. The van der Waals surface area contributed by atoms with E-state index in [9.17, 15) is 4.79 Å². The van der Waals surface area contributed by atoms with Gasteiger partial charge in [-0.3, -0.25) is 0 Å². The number of anilines is 1. The minimum atomic E-state index is -0.498. The van der Waals surface area contributed by atoms with Gasteiger partial charge in [0.05, 0.1) is 13.2 Å². The Morgan fingerprint density at radius 3 is 2.64 bits per heavy atom. The summed E-state index contributed by atoms with van der Waals surface area (Å²) in [6.45, 7) is 6.45. The summed E-state index contributed by atoms with van der Waals surface area (Å²) < 4.78 is 17.4. The highest BCUT2D eigenvalue weighted by atomic mass is 16.7. The number of aryl methyl sites for hydroxylation is 1. The van der Waals surface area contributed by atoms with Gasteiger partial charge in [-0.2, -0.15) is 0 Å². The highest BCUT2D eigenvalue weighted by Crippen LogP contribution is 2.33. The summed E-state index contributed by atoms with van der Waals surface area (Å²) in [5.41, 5.74) is 2.72. The van der Waals surface area contributed by atoms with Gasteiger partial charge in [-0.1, -0.05) is 12.1 Å². The van der Waals surface area contributed by atoms with Crippen LogP contribution >= 0.6 is 0 Å². The number of hydrogen-bond donors (Lipinski definition) is 1. The topological polar surface area (TPSA) is 72.9 Å². The summed E-state index contributed by atoms with van der Waals surface area (Å²) in [7, 11) is 0. The molecule has 1 N–H and O–H groups in total. The van der Waals surface area contributed by atoms with E-state index in [1.165, 1.54) is 0 Å². The van der Waals surface area contributed by atoms with Crippen LogP contribution in [0.5, 0.6) is 11.6 Å². The Balaban J connectivity index is 1.44. The zero-order chi connectivity index (χ0) is 19.6. The van der Waals surface area contributed by atoms with Gasteiger partial charge in [0.1, 0.15) is 11.4 Å². The molecule has 1 aromatic heterocycles. The molecule has 28 heavy (non-hydrogen) atoms. The normalized spacial score (nSPS) is 18.3. The number of aromatic nitrogens is 1. The highest BCUT2D eigenvalue weighted by Gasteiger charge is 2.40. The number of urea groups is 1. The minimum Gasteiger partial charge on any atom is -0.437 e. The van der Waals surface area contributed by atoms with Crippen LogP contribution in [0.1, 0.15) is 24.0 Å². The van der Waals surface area contributed by atoms with Crippen LogP contribution in [0.3, 0.4) is 0 Å². The Morgan fingerprint density at radius 2 is 1.89 bits per heavy atom. The van der Waals surface area contributed by atoms with Crippen LogP contribution in [-0.2, 0) is 9.47 Å². The van der Waals surface area contributed by atoms with Crippen LogP contribution < -0.4 is 10.1 Å². The predicted octanol–water partition coefficient (Wildman–Crippen LogP) is 3.86. The molecule has 1 aromatic carbocycles. The lowest BCUT2D eigenvalue weighted by atomic mass is 10.0. The van der Waals surface area contributed by atoms with Crippen LogP contribution in [0.2, 0.25) is 0 Å². The van der Waals surface area contributed by atoms with Crippen LogP contribution in [0.4, 0.5) is 10.5 Å². The summed E-state index contributed by atoms with van der Waals surface area (Å²) in [5.74, 6) is 0.604. The Labute approximate surface area is 164 Å². The van der Waals surface area contributed by atoms with Crippen molar-refractivity contribution < 1.29 is 19.0 Å². The number of nitrogens with zero attached hydrogens (tertiary/aromatic N) is 2. The lowest BCUT2D eigenvalue weighted by molar-refractivity contribution is -0.181. The fraction of sp³-hybridized carbons (Fsp3) is 0.429. The monoisotopic (exact) mass is 383 g/mol. The van der Waals surface area contributed by atoms with E-state index in [-0.39, 0.29) is 6.03 Å². The first kappa shape index (κ1) is 18.7. The first-order chi connectivity index (χ1) is 13.6. The predicted molar refractivity (Wildman–Crippen MR) is 105 cm³/mol. The Kier molecular flexibility index (Phi) is 5.19. The average molecular weight is 383 g/mol. The van der Waals surface area contributed by atoms with Gasteiger partial charge in [-0.05, 0) is 43.2 Å². The van der Waals surface area contributed by atoms with Crippen molar-refractivity contribution in [3.05, 3.63) is 47.7 Å². The Morgan fingerprint density at radius 1 is 1.14 bits per heavy atom. The summed E-state index contributed by atoms with van der Waals surface area (Å²) >= 11 is 0. The van der Waals surface area contributed by atoms with Gasteiger partial charge in [0.15, 0.2) is 5.79 Å². The third kappa shape index (κ3) is 3.81. The third-order valence-electron chi connectivity index (χ3n) is 5.40. The fourth-order valence-electron chi connectivity index (χ4n) is 3.54. The number of carbonyl (C=O) groups is 1. The number of likely N-dealkylation sites (tertiary alicyclic amines) is 1. The minimum absolute atomic E-state index is 0.174. The van der Waals surface area contributed by atoms with E-state index in [2.05, 4.69) is 10.3 Å². The van der Waals surface area contributed by atoms with E-state index in [4.69, 9.17) is 14.2 Å².